The molecule has 2 aliphatic rings. The second kappa shape index (κ2) is 16.7. The van der Waals surface area contributed by atoms with E-state index in [2.05, 4.69) is 4.84 Å². The lowest BCUT2D eigenvalue weighted by Crippen LogP contribution is -2.32. The maximum absolute atomic E-state index is 13.6. The lowest BCUT2D eigenvalue weighted by Gasteiger charge is -2.22. The lowest BCUT2D eigenvalue weighted by atomic mass is 10.1. The number of hydrogen-bond acceptors (Lipinski definition) is 12. The molecule has 43 heavy (non-hydrogen) atoms. The second-order valence-corrected chi connectivity index (χ2v) is 13.0. The van der Waals surface area contributed by atoms with Gasteiger partial charge in [-0.1, -0.05) is 50.0 Å². The third kappa shape index (κ3) is 12.2. The van der Waals surface area contributed by atoms with Gasteiger partial charge in [-0.05, 0) is 38.8 Å². The minimum atomic E-state index is -3.56. The van der Waals surface area contributed by atoms with Crippen LogP contribution >= 0.6 is 7.60 Å². The summed E-state index contributed by atoms with van der Waals surface area (Å²) in [6.45, 7) is 4.08. The van der Waals surface area contributed by atoms with Crippen molar-refractivity contribution in [3.8, 4) is 5.75 Å². The molecule has 1 unspecified atom stereocenters. The quantitative estimate of drug-likeness (QED) is 0.0434. The largest absolute Gasteiger partial charge is 0.533 e. The van der Waals surface area contributed by atoms with E-state index < -0.39 is 36.3 Å². The topological polar surface area (TPSA) is 170 Å². The zero-order valence-electron chi connectivity index (χ0n) is 24.7. The molecule has 15 heteroatoms. The Kier molecular flexibility index (Phi) is 13.4. The number of ether oxygens (including phenoxy) is 3. The number of rotatable bonds is 19. The summed E-state index contributed by atoms with van der Waals surface area (Å²) in [5.74, 6) is -1.60. The lowest BCUT2D eigenvalue weighted by molar-refractivity contribution is -0.384. The molecule has 2 atom stereocenters. The molecule has 1 aromatic carbocycles. The van der Waals surface area contributed by atoms with Crippen LogP contribution in [-0.2, 0) is 37.7 Å². The fraction of sp³-hybridized carbons (Fsp3) is 0.679. The maximum Gasteiger partial charge on any atom is 0.533 e. The highest BCUT2D eigenvalue weighted by Gasteiger charge is 2.36. The van der Waals surface area contributed by atoms with E-state index >= 15 is 0 Å². The van der Waals surface area contributed by atoms with E-state index in [0.29, 0.717) is 24.5 Å². The summed E-state index contributed by atoms with van der Waals surface area (Å²) in [4.78, 5) is 49.5. The average Bonchev–Trinajstić information content (AvgIpc) is 3.48. The van der Waals surface area contributed by atoms with Crippen LogP contribution < -0.4 is 4.52 Å². The van der Waals surface area contributed by atoms with Crippen molar-refractivity contribution in [3.05, 3.63) is 34.4 Å². The number of nitro benzene ring substituents is 1. The predicted octanol–water partition coefficient (Wildman–Crippen LogP) is 6.06. The van der Waals surface area contributed by atoms with Crippen LogP contribution in [0.25, 0.3) is 0 Å². The van der Waals surface area contributed by atoms with Gasteiger partial charge in [-0.2, -0.15) is 0 Å². The van der Waals surface area contributed by atoms with Crippen molar-refractivity contribution in [2.24, 2.45) is 0 Å². The van der Waals surface area contributed by atoms with Crippen molar-refractivity contribution in [3.63, 3.8) is 0 Å². The molecule has 2 fully saturated rings. The number of non-ortho nitro benzene ring substituents is 1. The summed E-state index contributed by atoms with van der Waals surface area (Å²) in [6, 6.07) is 5.39. The minimum absolute atomic E-state index is 0.0329. The van der Waals surface area contributed by atoms with Gasteiger partial charge < -0.3 is 18.7 Å². The molecular weight excluding hydrogens is 587 g/mol. The van der Waals surface area contributed by atoms with E-state index in [1.165, 1.54) is 24.3 Å². The van der Waals surface area contributed by atoms with Crippen LogP contribution in [0.2, 0.25) is 0 Å². The number of hydrogen-bond donors (Lipinski definition) is 0. The van der Waals surface area contributed by atoms with Crippen molar-refractivity contribution in [2.45, 2.75) is 96.4 Å². The van der Waals surface area contributed by atoms with Crippen LogP contribution in [0.1, 0.15) is 84.5 Å². The molecule has 0 aromatic heterocycles. The Hall–Kier alpha value is -3.06. The summed E-state index contributed by atoms with van der Waals surface area (Å²) in [7, 11) is -3.56. The van der Waals surface area contributed by atoms with Crippen LogP contribution in [0.4, 0.5) is 10.5 Å². The van der Waals surface area contributed by atoms with Crippen molar-refractivity contribution < 1.29 is 52.0 Å². The molecule has 2 heterocycles. The number of nitro groups is 1. The SMILES string of the molecule is CC1(C)OC[C@@H](COP(=O)(CCCCCCCCCCCOC(=O)ON2C(=O)CCC2=O)Oc2ccc([N+](=O)[O-])cc2)O1. The first-order valence-electron chi connectivity index (χ1n) is 14.7. The first kappa shape index (κ1) is 34.4. The Labute approximate surface area is 250 Å². The molecule has 0 radical (unpaired) electrons. The molecule has 0 bridgehead atoms. The Balaban J connectivity index is 1.28. The first-order valence-corrected chi connectivity index (χ1v) is 16.4. The van der Waals surface area contributed by atoms with Gasteiger partial charge in [0.25, 0.3) is 17.5 Å². The summed E-state index contributed by atoms with van der Waals surface area (Å²) in [6.07, 6.45) is 6.79. The van der Waals surface area contributed by atoms with Gasteiger partial charge in [0.2, 0.25) is 0 Å². The molecule has 0 N–H and O–H groups in total. The molecule has 0 saturated carbocycles. The number of carbonyl (C=O) groups is 3. The molecule has 14 nitrogen and oxygen atoms in total. The maximum atomic E-state index is 13.6. The Morgan fingerprint density at radius 3 is 2.14 bits per heavy atom. The standard InChI is InChI=1S/C28H41N2O12P/c1-28(2)38-20-24(40-28)21-39-43(36,42-23-14-12-22(13-15-23)30(34)35)19-11-9-7-5-3-4-6-8-10-18-37-27(33)41-29-25(31)16-17-26(29)32/h12-15,24H,3-11,16-21H2,1-2H3/t24-,43?/m0/s1. The van der Waals surface area contributed by atoms with Crippen LogP contribution in [-0.4, -0.2) is 65.8 Å². The number of benzene rings is 1. The average molecular weight is 629 g/mol. The van der Waals surface area contributed by atoms with Crippen molar-refractivity contribution >= 4 is 31.3 Å². The smallest absolute Gasteiger partial charge is 0.433 e. The number of hydroxylamine groups is 2. The third-order valence-electron chi connectivity index (χ3n) is 6.78. The van der Waals surface area contributed by atoms with E-state index in [-0.39, 0.29) is 49.8 Å². The Morgan fingerprint density at radius 1 is 1.00 bits per heavy atom. The normalized spacial score (nSPS) is 19.3. The van der Waals surface area contributed by atoms with Gasteiger partial charge in [0, 0.05) is 25.0 Å². The van der Waals surface area contributed by atoms with E-state index in [9.17, 15) is 29.1 Å². The van der Waals surface area contributed by atoms with Gasteiger partial charge in [-0.25, -0.2) is 9.36 Å². The second-order valence-electron chi connectivity index (χ2n) is 10.9. The van der Waals surface area contributed by atoms with Gasteiger partial charge in [-0.15, -0.1) is 0 Å². The third-order valence-corrected chi connectivity index (χ3v) is 8.68. The van der Waals surface area contributed by atoms with E-state index in [1.54, 1.807) is 13.8 Å². The van der Waals surface area contributed by atoms with Crippen LogP contribution in [0.15, 0.2) is 24.3 Å². The van der Waals surface area contributed by atoms with E-state index in [1.807, 2.05) is 0 Å². The van der Waals surface area contributed by atoms with E-state index in [4.69, 9.17) is 23.3 Å². The Morgan fingerprint density at radius 2 is 1.58 bits per heavy atom. The van der Waals surface area contributed by atoms with Gasteiger partial charge in [0.05, 0.1) is 30.9 Å². The molecule has 1 aromatic rings. The van der Waals surface area contributed by atoms with Gasteiger partial charge in [0.15, 0.2) is 5.79 Å². The summed E-state index contributed by atoms with van der Waals surface area (Å²) in [5.41, 5.74) is -0.0923. The van der Waals surface area contributed by atoms with Gasteiger partial charge >= 0.3 is 13.8 Å². The highest BCUT2D eigenvalue weighted by atomic mass is 31.2. The molecule has 2 amide bonds. The molecule has 240 valence electrons. The highest BCUT2D eigenvalue weighted by Crippen LogP contribution is 2.50. The molecule has 0 spiro atoms. The van der Waals surface area contributed by atoms with Crippen molar-refractivity contribution in [1.29, 1.82) is 0 Å². The van der Waals surface area contributed by atoms with Crippen LogP contribution in [0.3, 0.4) is 0 Å². The van der Waals surface area contributed by atoms with Crippen LogP contribution in [0.5, 0.6) is 5.75 Å². The fourth-order valence-electron chi connectivity index (χ4n) is 4.53. The molecule has 2 saturated heterocycles. The fourth-order valence-corrected chi connectivity index (χ4v) is 6.25. The summed E-state index contributed by atoms with van der Waals surface area (Å²) < 4.78 is 41.3. The monoisotopic (exact) mass is 628 g/mol. The number of carbonyl (C=O) groups excluding carboxylic acids is 3. The van der Waals surface area contributed by atoms with Gasteiger partial charge in [0.1, 0.15) is 11.9 Å². The molecule has 2 aliphatic heterocycles. The predicted molar refractivity (Wildman–Crippen MR) is 152 cm³/mol. The number of amides is 2. The van der Waals surface area contributed by atoms with E-state index in [0.717, 1.165) is 44.9 Å². The summed E-state index contributed by atoms with van der Waals surface area (Å²) in [5, 5.41) is 11.4. The van der Waals surface area contributed by atoms with Gasteiger partial charge in [-0.3, -0.25) is 29.1 Å². The highest BCUT2D eigenvalue weighted by molar-refractivity contribution is 7.54. The van der Waals surface area contributed by atoms with Crippen molar-refractivity contribution in [2.75, 3.05) is 26.0 Å². The molecular formula is C28H41N2O12P. The first-order chi connectivity index (χ1) is 20.5. The number of imide groups is 1. The number of unbranched alkanes of at least 4 members (excludes halogenated alkanes) is 8. The molecule has 3 rings (SSSR count). The zero-order chi connectivity index (χ0) is 31.3. The summed E-state index contributed by atoms with van der Waals surface area (Å²) >= 11 is 0. The van der Waals surface area contributed by atoms with Crippen LogP contribution in [0, 0.1) is 10.1 Å². The Bertz CT molecular complexity index is 1130. The minimum Gasteiger partial charge on any atom is -0.433 e. The molecule has 0 aliphatic carbocycles. The van der Waals surface area contributed by atoms with Crippen molar-refractivity contribution in [1.82, 2.24) is 5.06 Å². The number of nitrogens with zero attached hydrogens (tertiary/aromatic N) is 2. The zero-order valence-corrected chi connectivity index (χ0v) is 25.6.